The zero-order valence-corrected chi connectivity index (χ0v) is 16.4. The van der Waals surface area contributed by atoms with E-state index in [1.54, 1.807) is 0 Å². The van der Waals surface area contributed by atoms with E-state index in [1.165, 1.54) is 30.9 Å². The summed E-state index contributed by atoms with van der Waals surface area (Å²) in [5, 5.41) is 20.1. The molecule has 0 aromatic heterocycles. The van der Waals surface area contributed by atoms with E-state index in [1.807, 2.05) is 0 Å². The topological polar surface area (TPSA) is 70.1 Å². The molecule has 0 spiro atoms. The van der Waals surface area contributed by atoms with Crippen LogP contribution in [0.4, 0.5) is 0 Å². The van der Waals surface area contributed by atoms with Gasteiger partial charge in [0.25, 0.3) is 0 Å². The van der Waals surface area contributed by atoms with Crippen molar-refractivity contribution >= 4 is 5.78 Å². The van der Waals surface area contributed by atoms with Gasteiger partial charge < -0.3 is 14.9 Å². The van der Waals surface area contributed by atoms with Crippen molar-refractivity contribution in [2.75, 3.05) is 6.61 Å². The Morgan fingerprint density at radius 1 is 1.27 bits per heavy atom. The predicted octanol–water partition coefficient (Wildman–Crippen LogP) is 3.18. The summed E-state index contributed by atoms with van der Waals surface area (Å²) in [6, 6.07) is 0. The quantitative estimate of drug-likeness (QED) is 0.599. The number of aliphatic hydroxyl groups is 2. The van der Waals surface area contributed by atoms with E-state index >= 15 is 0 Å². The molecular formula is C22H32O4. The fourth-order valence-electron chi connectivity index (χ4n) is 6.52. The van der Waals surface area contributed by atoms with Crippen LogP contribution in [-0.2, 0) is 9.53 Å². The van der Waals surface area contributed by atoms with E-state index in [0.29, 0.717) is 23.7 Å². The first-order valence-corrected chi connectivity index (χ1v) is 10.0. The maximum Gasteiger partial charge on any atom is 0.192 e. The highest BCUT2D eigenvalue weighted by molar-refractivity contribution is 6.03. The van der Waals surface area contributed by atoms with Crippen LogP contribution in [0.15, 0.2) is 23.3 Å². The zero-order valence-electron chi connectivity index (χ0n) is 16.4. The molecule has 0 amide bonds. The van der Waals surface area contributed by atoms with Gasteiger partial charge in [0, 0.05) is 5.57 Å². The molecule has 1 heterocycles. The Balaban J connectivity index is 1.66. The Morgan fingerprint density at radius 3 is 2.69 bits per heavy atom. The van der Waals surface area contributed by atoms with Gasteiger partial charge in [-0.25, -0.2) is 0 Å². The number of carbonyl (C=O) groups excluding carboxylic acids is 1. The van der Waals surface area contributed by atoms with E-state index < -0.39 is 17.8 Å². The summed E-state index contributed by atoms with van der Waals surface area (Å²) in [5.41, 5.74) is 1.36. The third kappa shape index (κ3) is 2.42. The molecule has 4 aliphatic rings. The molecule has 1 aliphatic heterocycles. The van der Waals surface area contributed by atoms with Crippen LogP contribution in [-0.4, -0.2) is 40.4 Å². The molecule has 1 saturated carbocycles. The van der Waals surface area contributed by atoms with Crippen LogP contribution in [0.25, 0.3) is 0 Å². The van der Waals surface area contributed by atoms with Crippen LogP contribution >= 0.6 is 0 Å². The lowest BCUT2D eigenvalue weighted by atomic mass is 9.47. The smallest absolute Gasteiger partial charge is 0.192 e. The molecule has 2 N–H and O–H groups in total. The van der Waals surface area contributed by atoms with Crippen LogP contribution in [0.1, 0.15) is 59.8 Å². The lowest BCUT2D eigenvalue weighted by molar-refractivity contribution is -0.117. The van der Waals surface area contributed by atoms with Crippen LogP contribution in [0, 0.1) is 22.7 Å². The number of aliphatic hydroxyl groups excluding tert-OH is 2. The van der Waals surface area contributed by atoms with E-state index in [9.17, 15) is 15.0 Å². The van der Waals surface area contributed by atoms with E-state index in [4.69, 9.17) is 4.74 Å². The van der Waals surface area contributed by atoms with Crippen molar-refractivity contribution in [3.8, 4) is 0 Å². The SMILES string of the molecule is CC1=CCC2C(C)(C)CCCC2(C)C1CC12OC1C(=O)C(CO)=CC2O. The van der Waals surface area contributed by atoms with Crippen LogP contribution in [0.5, 0.6) is 0 Å². The lowest BCUT2D eigenvalue weighted by Crippen LogP contribution is -2.51. The van der Waals surface area contributed by atoms with Gasteiger partial charge in [-0.2, -0.15) is 0 Å². The van der Waals surface area contributed by atoms with Crippen LogP contribution in [0.2, 0.25) is 0 Å². The molecule has 6 unspecified atom stereocenters. The van der Waals surface area contributed by atoms with Crippen molar-refractivity contribution in [3.63, 3.8) is 0 Å². The molecule has 3 aliphatic carbocycles. The first-order chi connectivity index (χ1) is 12.2. The van der Waals surface area contributed by atoms with Gasteiger partial charge in [-0.1, -0.05) is 38.8 Å². The number of ether oxygens (including phenoxy) is 1. The van der Waals surface area contributed by atoms with Gasteiger partial charge in [0.05, 0.1) is 6.61 Å². The Bertz CT molecular complexity index is 690. The third-order valence-corrected chi connectivity index (χ3v) is 8.13. The van der Waals surface area contributed by atoms with Gasteiger partial charge in [0.1, 0.15) is 11.7 Å². The maximum absolute atomic E-state index is 12.5. The number of ketones is 1. The zero-order chi connectivity index (χ0) is 18.9. The Labute approximate surface area is 156 Å². The van der Waals surface area contributed by atoms with Crippen LogP contribution in [0.3, 0.4) is 0 Å². The summed E-state index contributed by atoms with van der Waals surface area (Å²) in [6.45, 7) is 9.07. The minimum absolute atomic E-state index is 0.152. The fourth-order valence-corrected chi connectivity index (χ4v) is 6.52. The highest BCUT2D eigenvalue weighted by atomic mass is 16.6. The van der Waals surface area contributed by atoms with Crippen molar-refractivity contribution in [2.45, 2.75) is 77.6 Å². The second-order valence-electron chi connectivity index (χ2n) is 9.95. The molecule has 6 atom stereocenters. The van der Waals surface area contributed by atoms with Crippen molar-refractivity contribution in [1.29, 1.82) is 0 Å². The molecule has 0 radical (unpaired) electrons. The minimum Gasteiger partial charge on any atom is -0.392 e. The molecule has 4 nitrogen and oxygen atoms in total. The summed E-state index contributed by atoms with van der Waals surface area (Å²) in [5.74, 6) is 0.782. The Hall–Kier alpha value is -0.970. The number of allylic oxidation sites excluding steroid dienone is 2. The van der Waals surface area contributed by atoms with Crippen molar-refractivity contribution < 1.29 is 19.7 Å². The molecule has 0 bridgehead atoms. The molecule has 4 heteroatoms. The normalized spacial score (nSPS) is 46.8. The number of carbonyl (C=O) groups is 1. The molecule has 144 valence electrons. The van der Waals surface area contributed by atoms with Crippen molar-refractivity contribution in [1.82, 2.24) is 0 Å². The monoisotopic (exact) mass is 360 g/mol. The number of fused-ring (bicyclic) bond motifs is 2. The van der Waals surface area contributed by atoms with Gasteiger partial charge in [-0.3, -0.25) is 4.79 Å². The summed E-state index contributed by atoms with van der Waals surface area (Å²) in [7, 11) is 0. The maximum atomic E-state index is 12.5. The van der Waals surface area contributed by atoms with Gasteiger partial charge in [-0.15, -0.1) is 0 Å². The minimum atomic E-state index is -0.819. The van der Waals surface area contributed by atoms with Gasteiger partial charge in [0.15, 0.2) is 11.9 Å². The second kappa shape index (κ2) is 5.76. The average Bonchev–Trinajstić information content (AvgIpc) is 3.30. The molecule has 0 aromatic rings. The third-order valence-electron chi connectivity index (χ3n) is 8.13. The molecule has 4 rings (SSSR count). The number of Topliss-reactive ketones (excluding diaryl/α,β-unsaturated/α-hetero) is 1. The highest BCUT2D eigenvalue weighted by Gasteiger charge is 2.68. The largest absolute Gasteiger partial charge is 0.392 e. The molecular weight excluding hydrogens is 328 g/mol. The van der Waals surface area contributed by atoms with Crippen molar-refractivity contribution in [3.05, 3.63) is 23.3 Å². The Kier molecular flexibility index (Phi) is 4.08. The first-order valence-electron chi connectivity index (χ1n) is 10.0. The first kappa shape index (κ1) is 18.4. The summed E-state index contributed by atoms with van der Waals surface area (Å²) < 4.78 is 5.86. The van der Waals surface area contributed by atoms with E-state index in [2.05, 4.69) is 33.8 Å². The van der Waals surface area contributed by atoms with Crippen LogP contribution < -0.4 is 0 Å². The van der Waals surface area contributed by atoms with E-state index in [0.717, 1.165) is 6.42 Å². The number of rotatable bonds is 3. The number of hydrogen-bond acceptors (Lipinski definition) is 4. The highest BCUT2D eigenvalue weighted by Crippen LogP contribution is 2.63. The molecule has 1 saturated heterocycles. The average molecular weight is 360 g/mol. The molecule has 0 aromatic carbocycles. The van der Waals surface area contributed by atoms with Gasteiger partial charge in [0.2, 0.25) is 0 Å². The molecule has 26 heavy (non-hydrogen) atoms. The standard InChI is InChI=1S/C22H32O4/c1-13-6-7-16-20(2,3)8-5-9-21(16,4)15(13)11-22-17(24)10-14(12-23)18(25)19(22)26-22/h6,10,15-17,19,23-24H,5,7-9,11-12H2,1-4H3. The second-order valence-corrected chi connectivity index (χ2v) is 9.95. The van der Waals surface area contributed by atoms with Gasteiger partial charge >= 0.3 is 0 Å². The van der Waals surface area contributed by atoms with E-state index in [-0.39, 0.29) is 23.4 Å². The summed E-state index contributed by atoms with van der Waals surface area (Å²) in [6.07, 6.45) is 7.99. The number of hydrogen-bond donors (Lipinski definition) is 2. The van der Waals surface area contributed by atoms with Gasteiger partial charge in [-0.05, 0) is 61.3 Å². The fraction of sp³-hybridized carbons (Fsp3) is 0.773. The lowest BCUT2D eigenvalue weighted by Gasteiger charge is -2.57. The molecule has 2 fully saturated rings. The summed E-state index contributed by atoms with van der Waals surface area (Å²) in [4.78, 5) is 12.5. The van der Waals surface area contributed by atoms with Crippen molar-refractivity contribution in [2.24, 2.45) is 22.7 Å². The predicted molar refractivity (Wildman–Crippen MR) is 99.5 cm³/mol. The number of epoxide rings is 1. The summed E-state index contributed by atoms with van der Waals surface area (Å²) >= 11 is 0. The Morgan fingerprint density at radius 2 is 2.00 bits per heavy atom.